The number of carbonyl (C=O) groups excluding carboxylic acids is 1. The van der Waals surface area contributed by atoms with Crippen LogP contribution in [0.25, 0.3) is 15.7 Å². The van der Waals surface area contributed by atoms with Gasteiger partial charge in [-0.05, 0) is 22.4 Å². The molecule has 0 unspecified atom stereocenters. The highest BCUT2D eigenvalue weighted by atomic mass is 35.5. The van der Waals surface area contributed by atoms with Crippen molar-refractivity contribution in [3.8, 4) is 0 Å². The van der Waals surface area contributed by atoms with E-state index in [-0.39, 0.29) is 5.78 Å². The van der Waals surface area contributed by atoms with Crippen molar-refractivity contribution in [1.29, 1.82) is 0 Å². The number of hydrogen-bond acceptors (Lipinski definition) is 2. The minimum atomic E-state index is 0.175. The fourth-order valence-corrected chi connectivity index (χ4v) is 4.29. The Labute approximate surface area is 144 Å². The minimum Gasteiger partial charge on any atom is -0.294 e. The largest absolute Gasteiger partial charge is 0.294 e. The van der Waals surface area contributed by atoms with Crippen molar-refractivity contribution in [2.75, 3.05) is 0 Å². The number of ketones is 1. The molecule has 0 saturated heterocycles. The summed E-state index contributed by atoms with van der Waals surface area (Å²) in [6, 6.07) is 20.0. The molecule has 0 heterocycles. The van der Waals surface area contributed by atoms with Crippen LogP contribution in [0.1, 0.15) is 22.3 Å². The Balaban J connectivity index is 1.83. The Morgan fingerprint density at radius 2 is 1.61 bits per heavy atom. The van der Waals surface area contributed by atoms with E-state index in [1.54, 1.807) is 11.8 Å². The Morgan fingerprint density at radius 1 is 0.870 bits per heavy atom. The fraction of sp³-hybridized carbons (Fsp3) is 0.0500. The zero-order valence-electron chi connectivity index (χ0n) is 12.3. The number of Topliss-reactive ketones (excluding diaryl/α,β-unsaturated/α-hetero) is 1. The molecule has 1 aliphatic carbocycles. The zero-order chi connectivity index (χ0) is 15.8. The van der Waals surface area contributed by atoms with E-state index in [4.69, 9.17) is 11.6 Å². The summed E-state index contributed by atoms with van der Waals surface area (Å²) in [7, 11) is 0. The lowest BCUT2D eigenvalue weighted by Gasteiger charge is -2.17. The minimum absolute atomic E-state index is 0.175. The second kappa shape index (κ2) is 5.88. The maximum atomic E-state index is 12.1. The lowest BCUT2D eigenvalue weighted by atomic mass is 9.96. The van der Waals surface area contributed by atoms with Crippen molar-refractivity contribution in [2.45, 2.75) is 11.3 Å². The normalized spacial score (nSPS) is 13.8. The van der Waals surface area contributed by atoms with Gasteiger partial charge < -0.3 is 0 Å². The number of fused-ring (bicyclic) bond motifs is 2. The van der Waals surface area contributed by atoms with E-state index in [0.717, 1.165) is 31.3 Å². The number of allylic oxidation sites excluding steroid dienone is 1. The molecule has 4 rings (SSSR count). The third-order valence-corrected chi connectivity index (χ3v) is 5.69. The summed E-state index contributed by atoms with van der Waals surface area (Å²) in [4.78, 5) is 14.2. The Bertz CT molecular complexity index is 959. The molecule has 0 fully saturated rings. The highest BCUT2D eigenvalue weighted by Crippen LogP contribution is 2.44. The molecular formula is C20H13ClOS. The molecule has 1 nitrogen and oxygen atoms in total. The van der Waals surface area contributed by atoms with E-state index in [2.05, 4.69) is 12.1 Å². The number of thioether (sulfide) groups is 1. The smallest absolute Gasteiger partial charge is 0.167 e. The number of hydrogen-bond donors (Lipinski definition) is 0. The van der Waals surface area contributed by atoms with Crippen molar-refractivity contribution in [1.82, 2.24) is 0 Å². The van der Waals surface area contributed by atoms with Crippen LogP contribution < -0.4 is 0 Å². The molecule has 0 saturated carbocycles. The highest BCUT2D eigenvalue weighted by molar-refractivity contribution is 8.08. The van der Waals surface area contributed by atoms with Gasteiger partial charge in [0, 0.05) is 21.8 Å². The second-order valence-electron chi connectivity index (χ2n) is 5.44. The van der Waals surface area contributed by atoms with Gasteiger partial charge in [0.2, 0.25) is 0 Å². The van der Waals surface area contributed by atoms with Gasteiger partial charge in [-0.25, -0.2) is 0 Å². The molecule has 0 atom stereocenters. The van der Waals surface area contributed by atoms with Gasteiger partial charge in [0.25, 0.3) is 0 Å². The van der Waals surface area contributed by atoms with E-state index in [0.29, 0.717) is 6.42 Å². The first kappa shape index (κ1) is 14.6. The summed E-state index contributed by atoms with van der Waals surface area (Å²) >= 11 is 8.11. The van der Waals surface area contributed by atoms with Gasteiger partial charge in [-0.2, -0.15) is 0 Å². The monoisotopic (exact) mass is 336 g/mol. The first-order valence-electron chi connectivity index (χ1n) is 7.42. The summed E-state index contributed by atoms with van der Waals surface area (Å²) in [5, 5.41) is 3.05. The molecule has 0 amide bonds. The first-order chi connectivity index (χ1) is 11.2. The van der Waals surface area contributed by atoms with Crippen molar-refractivity contribution in [2.24, 2.45) is 0 Å². The molecule has 3 aromatic carbocycles. The summed E-state index contributed by atoms with van der Waals surface area (Å²) in [6.07, 6.45) is 2.45. The van der Waals surface area contributed by atoms with Crippen LogP contribution in [0.15, 0.2) is 71.6 Å². The van der Waals surface area contributed by atoms with Gasteiger partial charge >= 0.3 is 0 Å². The summed E-state index contributed by atoms with van der Waals surface area (Å²) in [5.74, 6) is 0.175. The fourth-order valence-electron chi connectivity index (χ4n) is 2.87. The van der Waals surface area contributed by atoms with E-state index in [9.17, 15) is 4.79 Å². The maximum absolute atomic E-state index is 12.1. The third kappa shape index (κ3) is 2.58. The lowest BCUT2D eigenvalue weighted by molar-refractivity contribution is 0.0994. The average Bonchev–Trinajstić information content (AvgIpc) is 2.60. The molecule has 0 radical (unpaired) electrons. The van der Waals surface area contributed by atoms with Crippen LogP contribution in [0.4, 0.5) is 0 Å². The maximum Gasteiger partial charge on any atom is 0.167 e. The van der Waals surface area contributed by atoms with Crippen LogP contribution in [0, 0.1) is 0 Å². The Morgan fingerprint density at radius 3 is 2.48 bits per heavy atom. The van der Waals surface area contributed by atoms with Crippen molar-refractivity contribution < 1.29 is 4.79 Å². The molecule has 0 N–H and O–H groups in total. The Kier molecular flexibility index (Phi) is 3.72. The molecule has 112 valence electrons. The van der Waals surface area contributed by atoms with Gasteiger partial charge in [-0.15, -0.1) is 0 Å². The van der Waals surface area contributed by atoms with Crippen molar-refractivity contribution >= 4 is 44.8 Å². The van der Waals surface area contributed by atoms with Gasteiger partial charge in [0.1, 0.15) is 0 Å². The van der Waals surface area contributed by atoms with Crippen LogP contribution in [0.2, 0.25) is 5.02 Å². The predicted molar refractivity (Wildman–Crippen MR) is 98.2 cm³/mol. The molecule has 1 aliphatic rings. The standard InChI is InChI=1S/C20H13ClOS/c21-17-10-9-13-5-1-2-6-14(13)20(17)23-19-12-11-18(22)15-7-3-4-8-16(15)19/h1-10,12H,11H2. The number of rotatable bonds is 2. The van der Waals surface area contributed by atoms with Crippen LogP contribution >= 0.6 is 23.4 Å². The summed E-state index contributed by atoms with van der Waals surface area (Å²) in [6.45, 7) is 0. The summed E-state index contributed by atoms with van der Waals surface area (Å²) in [5.41, 5.74) is 1.80. The first-order valence-corrected chi connectivity index (χ1v) is 8.61. The van der Waals surface area contributed by atoms with Crippen molar-refractivity contribution in [3.05, 3.63) is 82.9 Å². The van der Waals surface area contributed by atoms with Crippen molar-refractivity contribution in [3.63, 3.8) is 0 Å². The molecular weight excluding hydrogens is 324 g/mol. The molecule has 0 bridgehead atoms. The quantitative estimate of drug-likeness (QED) is 0.553. The molecule has 23 heavy (non-hydrogen) atoms. The number of benzene rings is 3. The van der Waals surface area contributed by atoms with Crippen LogP contribution in [0.3, 0.4) is 0 Å². The van der Waals surface area contributed by atoms with E-state index in [1.807, 2.05) is 54.6 Å². The Hall–Kier alpha value is -2.03. The molecule has 0 spiro atoms. The summed E-state index contributed by atoms with van der Waals surface area (Å²) < 4.78 is 0. The SMILES string of the molecule is O=C1CC=C(Sc2c(Cl)ccc3ccccc23)c2ccccc21. The molecule has 0 aromatic heterocycles. The topological polar surface area (TPSA) is 17.1 Å². The third-order valence-electron chi connectivity index (χ3n) is 4.01. The highest BCUT2D eigenvalue weighted by Gasteiger charge is 2.20. The van der Waals surface area contributed by atoms with Gasteiger partial charge in [0.05, 0.1) is 5.02 Å². The molecule has 3 heteroatoms. The van der Waals surface area contributed by atoms with Gasteiger partial charge in [0.15, 0.2) is 5.78 Å². The number of carbonyl (C=O) groups is 1. The predicted octanol–water partition coefficient (Wildman–Crippen LogP) is 6.21. The molecule has 3 aromatic rings. The van der Waals surface area contributed by atoms with Gasteiger partial charge in [-0.1, -0.05) is 84.0 Å². The lowest BCUT2D eigenvalue weighted by Crippen LogP contribution is -2.06. The van der Waals surface area contributed by atoms with Gasteiger partial charge in [-0.3, -0.25) is 4.79 Å². The van der Waals surface area contributed by atoms with E-state index in [1.165, 1.54) is 5.39 Å². The van der Waals surface area contributed by atoms with E-state index < -0.39 is 0 Å². The van der Waals surface area contributed by atoms with Crippen LogP contribution in [0.5, 0.6) is 0 Å². The second-order valence-corrected chi connectivity index (χ2v) is 6.90. The van der Waals surface area contributed by atoms with Crippen LogP contribution in [-0.2, 0) is 0 Å². The zero-order valence-corrected chi connectivity index (χ0v) is 13.8. The molecule has 0 aliphatic heterocycles. The van der Waals surface area contributed by atoms with E-state index >= 15 is 0 Å². The van der Waals surface area contributed by atoms with Crippen LogP contribution in [-0.4, -0.2) is 5.78 Å². The number of halogens is 1. The average molecular weight is 337 g/mol.